The summed E-state index contributed by atoms with van der Waals surface area (Å²) < 4.78 is 11.4. The van der Waals surface area contributed by atoms with Crippen molar-refractivity contribution in [3.8, 4) is 5.75 Å². The smallest absolute Gasteiger partial charge is 0.222 e. The van der Waals surface area contributed by atoms with E-state index < -0.39 is 0 Å². The summed E-state index contributed by atoms with van der Waals surface area (Å²) >= 11 is 0. The molecule has 4 N–H and O–H groups in total. The Morgan fingerprint density at radius 1 is 1.18 bits per heavy atom. The van der Waals surface area contributed by atoms with Gasteiger partial charge in [0.15, 0.2) is 0 Å². The standard InChI is InChI=1S/C20H26N6O2/c1-12-15(13(2)28-25-12)10-26-8-6-14(7-9-26)11-27-17-5-3-4-16-18(17)19(21)24-20(22)23-16/h3-5,14H,6-11H2,1-2H3,(H4,21,22,23,24). The zero-order valence-corrected chi connectivity index (χ0v) is 16.3. The van der Waals surface area contributed by atoms with Gasteiger partial charge in [0.05, 0.1) is 23.2 Å². The normalized spacial score (nSPS) is 15.9. The van der Waals surface area contributed by atoms with Gasteiger partial charge in [0, 0.05) is 12.1 Å². The molecule has 2 aromatic heterocycles. The van der Waals surface area contributed by atoms with Crippen LogP contribution in [-0.2, 0) is 6.54 Å². The number of nitrogens with two attached hydrogens (primary N) is 2. The molecule has 28 heavy (non-hydrogen) atoms. The molecule has 0 amide bonds. The van der Waals surface area contributed by atoms with Crippen LogP contribution >= 0.6 is 0 Å². The van der Waals surface area contributed by atoms with Crippen LogP contribution in [0, 0.1) is 19.8 Å². The van der Waals surface area contributed by atoms with Crippen molar-refractivity contribution >= 4 is 22.7 Å². The molecular weight excluding hydrogens is 356 g/mol. The fourth-order valence-electron chi connectivity index (χ4n) is 3.79. The Bertz CT molecular complexity index is 959. The van der Waals surface area contributed by atoms with E-state index in [0.29, 0.717) is 29.6 Å². The number of piperidine rings is 1. The van der Waals surface area contributed by atoms with Crippen molar-refractivity contribution in [3.05, 3.63) is 35.2 Å². The highest BCUT2D eigenvalue weighted by Crippen LogP contribution is 2.30. The van der Waals surface area contributed by atoms with Gasteiger partial charge >= 0.3 is 0 Å². The van der Waals surface area contributed by atoms with Crippen LogP contribution in [0.5, 0.6) is 5.75 Å². The molecule has 1 aromatic carbocycles. The van der Waals surface area contributed by atoms with Gasteiger partial charge in [-0.25, -0.2) is 4.98 Å². The predicted molar refractivity (Wildman–Crippen MR) is 108 cm³/mol. The molecule has 0 saturated carbocycles. The van der Waals surface area contributed by atoms with Crippen molar-refractivity contribution in [1.29, 1.82) is 0 Å². The molecule has 0 radical (unpaired) electrons. The molecular formula is C20H26N6O2. The van der Waals surface area contributed by atoms with Crippen LogP contribution in [0.4, 0.5) is 11.8 Å². The van der Waals surface area contributed by atoms with Crippen LogP contribution in [-0.4, -0.2) is 39.7 Å². The van der Waals surface area contributed by atoms with Gasteiger partial charge in [-0.1, -0.05) is 11.2 Å². The third-order valence-electron chi connectivity index (χ3n) is 5.48. The molecule has 3 heterocycles. The lowest BCUT2D eigenvalue weighted by Crippen LogP contribution is -2.35. The Hall–Kier alpha value is -2.87. The molecule has 3 aromatic rings. The number of benzene rings is 1. The van der Waals surface area contributed by atoms with Gasteiger partial charge in [-0.05, 0) is 57.8 Å². The summed E-state index contributed by atoms with van der Waals surface area (Å²) in [6.45, 7) is 7.60. The van der Waals surface area contributed by atoms with Crippen LogP contribution in [0.1, 0.15) is 29.9 Å². The first kappa shape index (κ1) is 18.5. The number of aromatic nitrogens is 3. The molecule has 1 aliphatic heterocycles. The van der Waals surface area contributed by atoms with Crippen molar-refractivity contribution in [2.45, 2.75) is 33.2 Å². The molecule has 0 spiro atoms. The molecule has 0 bridgehead atoms. The predicted octanol–water partition coefficient (Wildman–Crippen LogP) is 2.69. The number of ether oxygens (including phenoxy) is 1. The van der Waals surface area contributed by atoms with Crippen molar-refractivity contribution in [2.75, 3.05) is 31.2 Å². The van der Waals surface area contributed by atoms with Crippen LogP contribution in [0.3, 0.4) is 0 Å². The second kappa shape index (κ2) is 7.63. The van der Waals surface area contributed by atoms with Crippen molar-refractivity contribution in [3.63, 3.8) is 0 Å². The van der Waals surface area contributed by atoms with Crippen LogP contribution < -0.4 is 16.2 Å². The molecule has 0 atom stereocenters. The third-order valence-corrected chi connectivity index (χ3v) is 5.48. The Balaban J connectivity index is 1.35. The number of nitrogens with zero attached hydrogens (tertiary/aromatic N) is 4. The van der Waals surface area contributed by atoms with E-state index in [4.69, 9.17) is 20.7 Å². The highest BCUT2D eigenvalue weighted by Gasteiger charge is 2.22. The van der Waals surface area contributed by atoms with E-state index in [2.05, 4.69) is 20.0 Å². The summed E-state index contributed by atoms with van der Waals surface area (Å²) in [4.78, 5) is 10.8. The lowest BCUT2D eigenvalue weighted by molar-refractivity contribution is 0.137. The molecule has 8 heteroatoms. The number of nitrogen functional groups attached to an aromatic ring is 2. The minimum atomic E-state index is 0.174. The number of hydrogen-bond acceptors (Lipinski definition) is 8. The lowest BCUT2D eigenvalue weighted by Gasteiger charge is -2.31. The second-order valence-corrected chi connectivity index (χ2v) is 7.45. The first-order chi connectivity index (χ1) is 13.5. The zero-order valence-electron chi connectivity index (χ0n) is 16.3. The van der Waals surface area contributed by atoms with Gasteiger partial charge in [0.25, 0.3) is 0 Å². The van der Waals surface area contributed by atoms with E-state index >= 15 is 0 Å². The molecule has 1 saturated heterocycles. The molecule has 4 rings (SSSR count). The van der Waals surface area contributed by atoms with Crippen molar-refractivity contribution < 1.29 is 9.26 Å². The molecule has 148 valence electrons. The maximum absolute atomic E-state index is 6.11. The molecule has 0 aliphatic carbocycles. The third kappa shape index (κ3) is 3.73. The first-order valence-electron chi connectivity index (χ1n) is 9.60. The fraction of sp³-hybridized carbons (Fsp3) is 0.450. The summed E-state index contributed by atoms with van der Waals surface area (Å²) in [6, 6.07) is 5.67. The number of fused-ring (bicyclic) bond motifs is 1. The number of aryl methyl sites for hydroxylation is 2. The van der Waals surface area contributed by atoms with Gasteiger partial charge in [-0.15, -0.1) is 0 Å². The quantitative estimate of drug-likeness (QED) is 0.692. The van der Waals surface area contributed by atoms with Crippen LogP contribution in [0.15, 0.2) is 22.7 Å². The monoisotopic (exact) mass is 382 g/mol. The summed E-state index contributed by atoms with van der Waals surface area (Å²) in [5.41, 5.74) is 14.6. The summed E-state index contributed by atoms with van der Waals surface area (Å²) in [6.07, 6.45) is 2.18. The summed E-state index contributed by atoms with van der Waals surface area (Å²) in [7, 11) is 0. The highest BCUT2D eigenvalue weighted by molar-refractivity contribution is 5.94. The minimum Gasteiger partial charge on any atom is -0.492 e. The Labute approximate surface area is 163 Å². The maximum atomic E-state index is 6.11. The number of rotatable bonds is 5. The SMILES string of the molecule is Cc1noc(C)c1CN1CCC(COc2cccc3nc(N)nc(N)c23)CC1. The fourth-order valence-corrected chi connectivity index (χ4v) is 3.79. The lowest BCUT2D eigenvalue weighted by atomic mass is 9.97. The topological polar surface area (TPSA) is 116 Å². The van der Waals surface area contributed by atoms with Gasteiger partial charge in [0.2, 0.25) is 5.95 Å². The average Bonchev–Trinajstić information content (AvgIpc) is 2.99. The Morgan fingerprint density at radius 2 is 1.96 bits per heavy atom. The van der Waals surface area contributed by atoms with Crippen molar-refractivity contribution in [2.24, 2.45) is 5.92 Å². The Kier molecular flexibility index (Phi) is 5.04. The minimum absolute atomic E-state index is 0.174. The molecule has 0 unspecified atom stereocenters. The van der Waals surface area contributed by atoms with Crippen LogP contribution in [0.2, 0.25) is 0 Å². The Morgan fingerprint density at radius 3 is 2.68 bits per heavy atom. The summed E-state index contributed by atoms with van der Waals surface area (Å²) in [5.74, 6) is 2.67. The largest absolute Gasteiger partial charge is 0.492 e. The number of anilines is 2. The van der Waals surface area contributed by atoms with E-state index in [9.17, 15) is 0 Å². The van der Waals surface area contributed by atoms with Gasteiger partial charge in [0.1, 0.15) is 17.3 Å². The van der Waals surface area contributed by atoms with E-state index in [-0.39, 0.29) is 5.95 Å². The van der Waals surface area contributed by atoms with Crippen molar-refractivity contribution in [1.82, 2.24) is 20.0 Å². The van der Waals surface area contributed by atoms with E-state index in [1.165, 1.54) is 5.56 Å². The molecule has 1 aliphatic rings. The first-order valence-corrected chi connectivity index (χ1v) is 9.60. The highest BCUT2D eigenvalue weighted by atomic mass is 16.5. The van der Waals surface area contributed by atoms with Gasteiger partial charge < -0.3 is 20.7 Å². The molecule has 1 fully saturated rings. The van der Waals surface area contributed by atoms with Gasteiger partial charge in [-0.3, -0.25) is 4.90 Å². The maximum Gasteiger partial charge on any atom is 0.222 e. The average molecular weight is 382 g/mol. The number of likely N-dealkylation sites (tertiary alicyclic amines) is 1. The second-order valence-electron chi connectivity index (χ2n) is 7.45. The van der Waals surface area contributed by atoms with Crippen LogP contribution in [0.25, 0.3) is 10.9 Å². The van der Waals surface area contributed by atoms with E-state index in [1.54, 1.807) is 0 Å². The summed E-state index contributed by atoms with van der Waals surface area (Å²) in [5, 5.41) is 4.78. The number of hydrogen-bond donors (Lipinski definition) is 2. The van der Waals surface area contributed by atoms with E-state index in [0.717, 1.165) is 49.3 Å². The zero-order chi connectivity index (χ0) is 19.7. The van der Waals surface area contributed by atoms with E-state index in [1.807, 2.05) is 32.0 Å². The van der Waals surface area contributed by atoms with Gasteiger partial charge in [-0.2, -0.15) is 4.98 Å². The molecule has 8 nitrogen and oxygen atoms in total.